The van der Waals surface area contributed by atoms with Gasteiger partial charge < -0.3 is 9.73 Å². The number of carbonyl (C=O) groups excluding carboxylic acids is 1. The number of oxazole rings is 1. The van der Waals surface area contributed by atoms with E-state index in [-0.39, 0.29) is 18.4 Å². The normalized spacial score (nSPS) is 11.8. The summed E-state index contributed by atoms with van der Waals surface area (Å²) in [4.78, 5) is 17.5. The Labute approximate surface area is 176 Å². The zero-order valence-electron chi connectivity index (χ0n) is 17.1. The number of hydrogen-bond donors (Lipinski definition) is 1. The van der Waals surface area contributed by atoms with Gasteiger partial charge in [-0.05, 0) is 37.1 Å². The summed E-state index contributed by atoms with van der Waals surface area (Å²) in [6.07, 6.45) is 0.164. The van der Waals surface area contributed by atoms with Crippen molar-refractivity contribution in [1.82, 2.24) is 10.3 Å². The number of benzene rings is 3. The first-order valence-electron chi connectivity index (χ1n) is 10.0. The lowest BCUT2D eigenvalue weighted by molar-refractivity contribution is -0.121. The van der Waals surface area contributed by atoms with E-state index < -0.39 is 0 Å². The van der Waals surface area contributed by atoms with Gasteiger partial charge in [0.05, 0.1) is 18.2 Å². The predicted molar refractivity (Wildman–Crippen MR) is 118 cm³/mol. The van der Waals surface area contributed by atoms with Gasteiger partial charge in [0.15, 0.2) is 0 Å². The molecule has 3 aromatic carbocycles. The average molecular weight is 396 g/mol. The van der Waals surface area contributed by atoms with Crippen LogP contribution in [0.2, 0.25) is 0 Å². The first-order chi connectivity index (χ1) is 14.6. The van der Waals surface area contributed by atoms with E-state index in [2.05, 4.69) is 41.5 Å². The zero-order chi connectivity index (χ0) is 20.9. The van der Waals surface area contributed by atoms with Crippen LogP contribution in [0.15, 0.2) is 89.3 Å². The van der Waals surface area contributed by atoms with Gasteiger partial charge in [-0.15, -0.1) is 0 Å². The van der Waals surface area contributed by atoms with Gasteiger partial charge in [0, 0.05) is 5.56 Å². The third kappa shape index (κ3) is 4.49. The lowest BCUT2D eigenvalue weighted by Gasteiger charge is -2.20. The SMILES string of the molecule is Cc1ccc([C@H](NC(=O)Cc2nc(-c3ccccc3)oc2C)c2ccccc2)cc1. The average Bonchev–Trinajstić information content (AvgIpc) is 3.14. The third-order valence-electron chi connectivity index (χ3n) is 5.09. The van der Waals surface area contributed by atoms with Crippen molar-refractivity contribution >= 4 is 5.91 Å². The molecule has 1 heterocycles. The van der Waals surface area contributed by atoms with Crippen molar-refractivity contribution in [2.75, 3.05) is 0 Å². The molecule has 1 aromatic heterocycles. The molecule has 1 N–H and O–H groups in total. The molecule has 4 rings (SSSR count). The minimum Gasteiger partial charge on any atom is -0.441 e. The zero-order valence-corrected chi connectivity index (χ0v) is 17.1. The molecule has 1 atom stereocenters. The number of carbonyl (C=O) groups is 1. The number of rotatable bonds is 6. The summed E-state index contributed by atoms with van der Waals surface area (Å²) in [5, 5.41) is 3.17. The first-order valence-corrected chi connectivity index (χ1v) is 10.0. The van der Waals surface area contributed by atoms with Crippen LogP contribution in [0.1, 0.15) is 34.2 Å². The Kier molecular flexibility index (Phi) is 5.75. The highest BCUT2D eigenvalue weighted by Gasteiger charge is 2.20. The number of amides is 1. The van der Waals surface area contributed by atoms with Crippen LogP contribution in [0.4, 0.5) is 0 Å². The Morgan fingerprint density at radius 2 is 1.47 bits per heavy atom. The molecule has 150 valence electrons. The molecule has 4 aromatic rings. The van der Waals surface area contributed by atoms with E-state index in [0.717, 1.165) is 16.7 Å². The van der Waals surface area contributed by atoms with Crippen LogP contribution >= 0.6 is 0 Å². The van der Waals surface area contributed by atoms with Crippen LogP contribution < -0.4 is 5.32 Å². The Balaban J connectivity index is 1.55. The molecule has 0 aliphatic rings. The lowest BCUT2D eigenvalue weighted by Crippen LogP contribution is -2.30. The van der Waals surface area contributed by atoms with Gasteiger partial charge in [0.2, 0.25) is 11.8 Å². The van der Waals surface area contributed by atoms with E-state index in [1.54, 1.807) is 0 Å². The van der Waals surface area contributed by atoms with Crippen molar-refractivity contribution in [1.29, 1.82) is 0 Å². The summed E-state index contributed by atoms with van der Waals surface area (Å²) < 4.78 is 5.80. The first kappa shape index (κ1) is 19.6. The molecular weight excluding hydrogens is 372 g/mol. The number of nitrogens with zero attached hydrogens (tertiary/aromatic N) is 1. The summed E-state index contributed by atoms with van der Waals surface area (Å²) in [6, 6.07) is 27.7. The van der Waals surface area contributed by atoms with Gasteiger partial charge in [0.25, 0.3) is 0 Å². The molecule has 0 saturated heterocycles. The van der Waals surface area contributed by atoms with Crippen LogP contribution in [0.3, 0.4) is 0 Å². The summed E-state index contributed by atoms with van der Waals surface area (Å²) in [7, 11) is 0. The molecule has 0 fully saturated rings. The van der Waals surface area contributed by atoms with Gasteiger partial charge in [-0.25, -0.2) is 4.98 Å². The number of nitrogens with one attached hydrogen (secondary N) is 1. The largest absolute Gasteiger partial charge is 0.441 e. The smallest absolute Gasteiger partial charge is 0.226 e. The van der Waals surface area contributed by atoms with Crippen molar-refractivity contribution in [3.8, 4) is 11.5 Å². The summed E-state index contributed by atoms with van der Waals surface area (Å²) in [6.45, 7) is 3.90. The van der Waals surface area contributed by atoms with Crippen LogP contribution in [-0.4, -0.2) is 10.9 Å². The lowest BCUT2D eigenvalue weighted by atomic mass is 9.97. The van der Waals surface area contributed by atoms with Crippen LogP contribution in [0.25, 0.3) is 11.5 Å². The Morgan fingerprint density at radius 3 is 2.13 bits per heavy atom. The van der Waals surface area contributed by atoms with Gasteiger partial charge in [-0.2, -0.15) is 0 Å². The van der Waals surface area contributed by atoms with E-state index >= 15 is 0 Å². The topological polar surface area (TPSA) is 55.1 Å². The van der Waals surface area contributed by atoms with Crippen molar-refractivity contribution in [3.63, 3.8) is 0 Å². The molecule has 0 aliphatic heterocycles. The minimum atomic E-state index is -0.222. The molecule has 1 amide bonds. The fourth-order valence-electron chi connectivity index (χ4n) is 3.42. The van der Waals surface area contributed by atoms with Crippen LogP contribution in [-0.2, 0) is 11.2 Å². The summed E-state index contributed by atoms with van der Waals surface area (Å²) in [5.74, 6) is 1.10. The monoisotopic (exact) mass is 396 g/mol. The Hall–Kier alpha value is -3.66. The van der Waals surface area contributed by atoms with Crippen molar-refractivity contribution in [2.45, 2.75) is 26.3 Å². The van der Waals surface area contributed by atoms with Gasteiger partial charge in [0.1, 0.15) is 5.76 Å². The van der Waals surface area contributed by atoms with Crippen LogP contribution in [0, 0.1) is 13.8 Å². The number of aryl methyl sites for hydroxylation is 2. The van der Waals surface area contributed by atoms with Gasteiger partial charge >= 0.3 is 0 Å². The van der Waals surface area contributed by atoms with Gasteiger partial charge in [-0.3, -0.25) is 4.79 Å². The molecule has 0 radical (unpaired) electrons. The van der Waals surface area contributed by atoms with E-state index in [1.807, 2.05) is 67.6 Å². The number of hydrogen-bond acceptors (Lipinski definition) is 3. The van der Waals surface area contributed by atoms with E-state index in [9.17, 15) is 4.79 Å². The molecule has 0 spiro atoms. The Bertz CT molecular complexity index is 1120. The maximum absolute atomic E-state index is 12.9. The molecule has 4 nitrogen and oxygen atoms in total. The fourth-order valence-corrected chi connectivity index (χ4v) is 3.42. The molecule has 30 heavy (non-hydrogen) atoms. The highest BCUT2D eigenvalue weighted by atomic mass is 16.4. The molecule has 0 saturated carbocycles. The second kappa shape index (κ2) is 8.78. The summed E-state index contributed by atoms with van der Waals surface area (Å²) >= 11 is 0. The molecular formula is C26H24N2O2. The quantitative estimate of drug-likeness (QED) is 0.474. The molecule has 4 heteroatoms. The maximum Gasteiger partial charge on any atom is 0.226 e. The summed E-state index contributed by atoms with van der Waals surface area (Å²) in [5.41, 5.74) is 4.82. The standard InChI is InChI=1S/C26H24N2O2/c1-18-13-15-21(16-14-18)25(20-9-5-3-6-10-20)28-24(29)17-23-19(2)30-26(27-23)22-11-7-4-8-12-22/h3-16,25H,17H2,1-2H3,(H,28,29)/t25-/m1/s1. The van der Waals surface area contributed by atoms with Crippen molar-refractivity contribution < 1.29 is 9.21 Å². The third-order valence-corrected chi connectivity index (χ3v) is 5.09. The van der Waals surface area contributed by atoms with E-state index in [4.69, 9.17) is 4.42 Å². The fraction of sp³-hybridized carbons (Fsp3) is 0.154. The maximum atomic E-state index is 12.9. The second-order valence-electron chi connectivity index (χ2n) is 7.39. The molecule has 0 aliphatic carbocycles. The number of aromatic nitrogens is 1. The highest BCUT2D eigenvalue weighted by molar-refractivity contribution is 5.79. The van der Waals surface area contributed by atoms with Gasteiger partial charge in [-0.1, -0.05) is 78.4 Å². The van der Waals surface area contributed by atoms with E-state index in [0.29, 0.717) is 17.3 Å². The van der Waals surface area contributed by atoms with Crippen molar-refractivity contribution in [3.05, 3.63) is 113 Å². The highest BCUT2D eigenvalue weighted by Crippen LogP contribution is 2.24. The van der Waals surface area contributed by atoms with E-state index in [1.165, 1.54) is 5.56 Å². The second-order valence-corrected chi connectivity index (χ2v) is 7.39. The predicted octanol–water partition coefficient (Wildman–Crippen LogP) is 5.41. The molecule has 0 bridgehead atoms. The molecule has 0 unspecified atom stereocenters. The Morgan fingerprint density at radius 1 is 0.867 bits per heavy atom. The van der Waals surface area contributed by atoms with Crippen LogP contribution in [0.5, 0.6) is 0 Å². The van der Waals surface area contributed by atoms with Crippen molar-refractivity contribution in [2.24, 2.45) is 0 Å². The minimum absolute atomic E-state index is 0.0968.